The molecule has 0 unspecified atom stereocenters. The second-order valence-electron chi connectivity index (χ2n) is 3.88. The highest BCUT2D eigenvalue weighted by Gasteiger charge is 2.09. The molecular formula is C13H10ClN3O2. The van der Waals surface area contributed by atoms with E-state index in [1.165, 1.54) is 0 Å². The molecule has 0 atom stereocenters. The average molecular weight is 276 g/mol. The van der Waals surface area contributed by atoms with Crippen molar-refractivity contribution in [3.8, 4) is 11.4 Å². The Labute approximate surface area is 114 Å². The fraction of sp³-hybridized carbons (Fsp3) is 0.0769. The van der Waals surface area contributed by atoms with Gasteiger partial charge in [0, 0.05) is 10.7 Å². The van der Waals surface area contributed by atoms with Gasteiger partial charge in [0.1, 0.15) is 6.26 Å². The topological polar surface area (TPSA) is 64.1 Å². The molecule has 6 heteroatoms. The maximum atomic E-state index is 5.81. The van der Waals surface area contributed by atoms with Crippen LogP contribution in [0.1, 0.15) is 5.89 Å². The molecule has 0 spiro atoms. The average Bonchev–Trinajstić information content (AvgIpc) is 3.09. The summed E-state index contributed by atoms with van der Waals surface area (Å²) >= 11 is 5.81. The highest BCUT2D eigenvalue weighted by Crippen LogP contribution is 2.17. The van der Waals surface area contributed by atoms with Crippen LogP contribution >= 0.6 is 11.6 Å². The van der Waals surface area contributed by atoms with Gasteiger partial charge in [-0.05, 0) is 30.3 Å². The molecule has 0 aliphatic heterocycles. The van der Waals surface area contributed by atoms with Crippen molar-refractivity contribution in [3.63, 3.8) is 0 Å². The van der Waals surface area contributed by atoms with E-state index in [2.05, 4.69) is 15.5 Å². The Kier molecular flexibility index (Phi) is 3.20. The van der Waals surface area contributed by atoms with E-state index >= 15 is 0 Å². The first kappa shape index (κ1) is 11.8. The first-order chi connectivity index (χ1) is 9.31. The van der Waals surface area contributed by atoms with E-state index in [1.54, 1.807) is 18.6 Å². The van der Waals surface area contributed by atoms with Crippen LogP contribution in [0.15, 0.2) is 51.8 Å². The molecule has 3 rings (SSSR count). The summed E-state index contributed by atoms with van der Waals surface area (Å²) < 4.78 is 10.1. The van der Waals surface area contributed by atoms with Crippen molar-refractivity contribution in [3.05, 3.63) is 53.8 Å². The molecule has 3 aromatic rings. The predicted octanol–water partition coefficient (Wildman–Crippen LogP) is 3.60. The second-order valence-corrected chi connectivity index (χ2v) is 4.32. The molecule has 0 amide bonds. The number of anilines is 1. The maximum absolute atomic E-state index is 5.81. The largest absolute Gasteiger partial charge is 0.472 e. The van der Waals surface area contributed by atoms with Crippen molar-refractivity contribution in [2.24, 2.45) is 0 Å². The van der Waals surface area contributed by atoms with E-state index in [4.69, 9.17) is 20.5 Å². The summed E-state index contributed by atoms with van der Waals surface area (Å²) in [4.78, 5) is 4.26. The zero-order valence-corrected chi connectivity index (χ0v) is 10.6. The van der Waals surface area contributed by atoms with Crippen LogP contribution in [0.5, 0.6) is 0 Å². The zero-order valence-electron chi connectivity index (χ0n) is 9.84. The number of hydrogen-bond donors (Lipinski definition) is 1. The van der Waals surface area contributed by atoms with E-state index in [0.717, 1.165) is 11.3 Å². The minimum atomic E-state index is 0.451. The number of rotatable bonds is 4. The molecular weight excluding hydrogens is 266 g/mol. The van der Waals surface area contributed by atoms with Gasteiger partial charge in [-0.3, -0.25) is 0 Å². The van der Waals surface area contributed by atoms with Crippen LogP contribution < -0.4 is 5.32 Å². The third kappa shape index (κ3) is 2.77. The standard InChI is InChI=1S/C13H10ClN3O2/c14-10-1-3-11(4-2-10)15-7-12-16-13(17-19-12)9-5-6-18-8-9/h1-6,8,15H,7H2. The molecule has 0 saturated heterocycles. The Hall–Kier alpha value is -2.27. The van der Waals surface area contributed by atoms with Crippen LogP contribution in [-0.2, 0) is 6.54 Å². The van der Waals surface area contributed by atoms with Crippen molar-refractivity contribution < 1.29 is 8.94 Å². The van der Waals surface area contributed by atoms with Gasteiger partial charge in [0.05, 0.1) is 18.4 Å². The maximum Gasteiger partial charge on any atom is 0.246 e. The number of nitrogens with one attached hydrogen (secondary N) is 1. The smallest absolute Gasteiger partial charge is 0.246 e. The van der Waals surface area contributed by atoms with Gasteiger partial charge in [-0.15, -0.1) is 0 Å². The summed E-state index contributed by atoms with van der Waals surface area (Å²) in [7, 11) is 0. The Morgan fingerprint density at radius 1 is 1.16 bits per heavy atom. The van der Waals surface area contributed by atoms with Crippen molar-refractivity contribution in [2.45, 2.75) is 6.54 Å². The van der Waals surface area contributed by atoms with Crippen molar-refractivity contribution in [1.82, 2.24) is 10.1 Å². The molecule has 96 valence electrons. The molecule has 5 nitrogen and oxygen atoms in total. The molecule has 1 aromatic carbocycles. The van der Waals surface area contributed by atoms with E-state index in [0.29, 0.717) is 23.3 Å². The van der Waals surface area contributed by atoms with E-state index in [-0.39, 0.29) is 0 Å². The molecule has 0 aliphatic rings. The monoisotopic (exact) mass is 275 g/mol. The molecule has 2 aromatic heterocycles. The third-order valence-electron chi connectivity index (χ3n) is 2.54. The van der Waals surface area contributed by atoms with Crippen LogP contribution in [0.2, 0.25) is 5.02 Å². The Balaban J connectivity index is 1.66. The Morgan fingerprint density at radius 3 is 2.74 bits per heavy atom. The number of furan rings is 1. The summed E-state index contributed by atoms with van der Waals surface area (Å²) in [5.74, 6) is 1.02. The number of aromatic nitrogens is 2. The van der Waals surface area contributed by atoms with Crippen LogP contribution in [0.3, 0.4) is 0 Å². The minimum Gasteiger partial charge on any atom is -0.472 e. The van der Waals surface area contributed by atoms with Gasteiger partial charge in [-0.25, -0.2) is 0 Å². The molecule has 0 bridgehead atoms. The highest BCUT2D eigenvalue weighted by atomic mass is 35.5. The van der Waals surface area contributed by atoms with Crippen molar-refractivity contribution >= 4 is 17.3 Å². The van der Waals surface area contributed by atoms with Gasteiger partial charge in [0.15, 0.2) is 0 Å². The number of benzene rings is 1. The molecule has 0 fully saturated rings. The van der Waals surface area contributed by atoms with Crippen LogP contribution in [-0.4, -0.2) is 10.1 Å². The lowest BCUT2D eigenvalue weighted by Gasteiger charge is -2.02. The van der Waals surface area contributed by atoms with Gasteiger partial charge < -0.3 is 14.3 Å². The van der Waals surface area contributed by atoms with Crippen LogP contribution in [0.25, 0.3) is 11.4 Å². The fourth-order valence-electron chi connectivity index (χ4n) is 1.58. The summed E-state index contributed by atoms with van der Waals surface area (Å²) in [5.41, 5.74) is 1.73. The first-order valence-electron chi connectivity index (χ1n) is 5.66. The fourth-order valence-corrected chi connectivity index (χ4v) is 1.71. The zero-order chi connectivity index (χ0) is 13.1. The summed E-state index contributed by atoms with van der Waals surface area (Å²) in [5, 5.41) is 7.75. The summed E-state index contributed by atoms with van der Waals surface area (Å²) in [6.45, 7) is 0.451. The quantitative estimate of drug-likeness (QED) is 0.788. The Morgan fingerprint density at radius 2 is 2.00 bits per heavy atom. The first-order valence-corrected chi connectivity index (χ1v) is 6.04. The summed E-state index contributed by atoms with van der Waals surface area (Å²) in [6.07, 6.45) is 3.14. The highest BCUT2D eigenvalue weighted by molar-refractivity contribution is 6.30. The minimum absolute atomic E-state index is 0.451. The van der Waals surface area contributed by atoms with Crippen molar-refractivity contribution in [2.75, 3.05) is 5.32 Å². The molecule has 19 heavy (non-hydrogen) atoms. The van der Waals surface area contributed by atoms with E-state index in [9.17, 15) is 0 Å². The molecule has 0 aliphatic carbocycles. The van der Waals surface area contributed by atoms with E-state index in [1.807, 2.05) is 24.3 Å². The van der Waals surface area contributed by atoms with Crippen molar-refractivity contribution in [1.29, 1.82) is 0 Å². The number of halogens is 1. The summed E-state index contributed by atoms with van der Waals surface area (Å²) in [6, 6.07) is 9.18. The normalized spacial score (nSPS) is 10.6. The lowest BCUT2D eigenvalue weighted by molar-refractivity contribution is 0.384. The van der Waals surface area contributed by atoms with Gasteiger partial charge in [0.2, 0.25) is 11.7 Å². The SMILES string of the molecule is Clc1ccc(NCc2nc(-c3ccoc3)no2)cc1. The second kappa shape index (κ2) is 5.16. The number of hydrogen-bond acceptors (Lipinski definition) is 5. The lowest BCUT2D eigenvalue weighted by atomic mass is 10.3. The molecule has 1 N–H and O–H groups in total. The van der Waals surface area contributed by atoms with Crippen LogP contribution in [0, 0.1) is 0 Å². The van der Waals surface area contributed by atoms with E-state index < -0.39 is 0 Å². The van der Waals surface area contributed by atoms with Gasteiger partial charge in [-0.2, -0.15) is 4.98 Å². The Bertz CT molecular complexity index is 647. The molecule has 2 heterocycles. The molecule has 0 radical (unpaired) electrons. The number of nitrogens with zero attached hydrogens (tertiary/aromatic N) is 2. The third-order valence-corrected chi connectivity index (χ3v) is 2.79. The molecule has 0 saturated carbocycles. The van der Waals surface area contributed by atoms with Gasteiger partial charge >= 0.3 is 0 Å². The predicted molar refractivity (Wildman–Crippen MR) is 70.8 cm³/mol. The van der Waals surface area contributed by atoms with Crippen LogP contribution in [0.4, 0.5) is 5.69 Å². The van der Waals surface area contributed by atoms with Gasteiger partial charge in [0.25, 0.3) is 0 Å². The van der Waals surface area contributed by atoms with Gasteiger partial charge in [-0.1, -0.05) is 16.8 Å². The lowest BCUT2D eigenvalue weighted by Crippen LogP contribution is -1.99.